The predicted molar refractivity (Wildman–Crippen MR) is 122 cm³/mol. The number of hydrogen-bond acceptors (Lipinski definition) is 3. The summed E-state index contributed by atoms with van der Waals surface area (Å²) >= 11 is 0. The number of hydrogen-bond donors (Lipinski definition) is 2. The van der Waals surface area contributed by atoms with Crippen LogP contribution in [0.5, 0.6) is 0 Å². The van der Waals surface area contributed by atoms with Crippen LogP contribution in [0.1, 0.15) is 43.7 Å². The summed E-state index contributed by atoms with van der Waals surface area (Å²) < 4.78 is 15.2. The monoisotopic (exact) mass is 436 g/mol. The van der Waals surface area contributed by atoms with Crippen molar-refractivity contribution in [3.05, 3.63) is 70.4 Å². The third kappa shape index (κ3) is 4.21. The molecule has 2 N–H and O–H groups in total. The van der Waals surface area contributed by atoms with Gasteiger partial charge in [-0.05, 0) is 55.9 Å². The van der Waals surface area contributed by atoms with Crippen LogP contribution in [-0.4, -0.2) is 46.0 Å². The molecule has 2 fully saturated rings. The molecule has 0 radical (unpaired) electrons. The Balaban J connectivity index is 1.13. The molecule has 1 aliphatic carbocycles. The molecule has 5 rings (SSSR count). The average molecular weight is 437 g/mol. The van der Waals surface area contributed by atoms with Gasteiger partial charge in [0.05, 0.1) is 11.0 Å². The van der Waals surface area contributed by atoms with Gasteiger partial charge in [0.15, 0.2) is 0 Å². The Morgan fingerprint density at radius 2 is 1.94 bits per heavy atom. The number of H-pyrrole nitrogens is 1. The molecule has 0 bridgehead atoms. The van der Waals surface area contributed by atoms with Crippen LogP contribution in [0.4, 0.5) is 4.39 Å². The maximum absolute atomic E-state index is 13.5. The number of piperidine rings is 1. The van der Waals surface area contributed by atoms with Crippen LogP contribution < -0.4 is 11.0 Å². The normalized spacial score (nSPS) is 22.7. The highest BCUT2D eigenvalue weighted by molar-refractivity contribution is 5.83. The van der Waals surface area contributed by atoms with Gasteiger partial charge in [0, 0.05) is 37.6 Å². The highest BCUT2D eigenvalue weighted by Crippen LogP contribution is 2.47. The summed E-state index contributed by atoms with van der Waals surface area (Å²) in [7, 11) is 0. The lowest BCUT2D eigenvalue weighted by Crippen LogP contribution is -2.45. The summed E-state index contributed by atoms with van der Waals surface area (Å²) in [6.07, 6.45) is 2.63. The molecule has 0 spiro atoms. The van der Waals surface area contributed by atoms with E-state index in [-0.39, 0.29) is 35.4 Å². The van der Waals surface area contributed by atoms with Gasteiger partial charge in [0.1, 0.15) is 5.82 Å². The third-order valence-corrected chi connectivity index (χ3v) is 6.88. The fourth-order valence-electron chi connectivity index (χ4n) is 5.16. The quantitative estimate of drug-likeness (QED) is 0.622. The minimum absolute atomic E-state index is 0.0786. The highest BCUT2D eigenvalue weighted by Gasteiger charge is 2.44. The highest BCUT2D eigenvalue weighted by atomic mass is 19.1. The summed E-state index contributed by atoms with van der Waals surface area (Å²) in [4.78, 5) is 30.2. The molecule has 2 heterocycles. The molecule has 168 valence electrons. The number of halogens is 1. The first-order chi connectivity index (χ1) is 15.5. The van der Waals surface area contributed by atoms with Crippen LogP contribution in [0.2, 0.25) is 0 Å². The first-order valence-corrected chi connectivity index (χ1v) is 11.5. The smallest absolute Gasteiger partial charge is 0.326 e. The van der Waals surface area contributed by atoms with Gasteiger partial charge in [-0.25, -0.2) is 9.18 Å². The Hall–Kier alpha value is -2.93. The van der Waals surface area contributed by atoms with Crippen molar-refractivity contribution >= 4 is 16.9 Å². The van der Waals surface area contributed by atoms with Gasteiger partial charge in [-0.1, -0.05) is 30.3 Å². The van der Waals surface area contributed by atoms with Gasteiger partial charge in [-0.15, -0.1) is 0 Å². The van der Waals surface area contributed by atoms with E-state index in [0.29, 0.717) is 11.4 Å². The zero-order valence-electron chi connectivity index (χ0n) is 18.3. The van der Waals surface area contributed by atoms with Crippen LogP contribution in [-0.2, 0) is 4.79 Å². The minimum Gasteiger partial charge on any atom is -0.352 e. The fraction of sp³-hybridized carbons (Fsp3) is 0.440. The summed E-state index contributed by atoms with van der Waals surface area (Å²) in [6, 6.07) is 14.9. The average Bonchev–Trinajstić information content (AvgIpc) is 3.52. The van der Waals surface area contributed by atoms with Crippen LogP contribution in [0.3, 0.4) is 0 Å². The Morgan fingerprint density at radius 1 is 1.19 bits per heavy atom. The molecule has 2 aliphatic rings. The molecular weight excluding hydrogens is 407 g/mol. The topological polar surface area (TPSA) is 70.1 Å². The maximum Gasteiger partial charge on any atom is 0.326 e. The second-order valence-corrected chi connectivity index (χ2v) is 9.26. The van der Waals surface area contributed by atoms with E-state index in [4.69, 9.17) is 0 Å². The number of benzene rings is 2. The zero-order valence-corrected chi connectivity index (χ0v) is 18.3. The van der Waals surface area contributed by atoms with E-state index < -0.39 is 0 Å². The van der Waals surface area contributed by atoms with Gasteiger partial charge in [-0.3, -0.25) is 9.36 Å². The number of amides is 1. The van der Waals surface area contributed by atoms with E-state index in [1.807, 2.05) is 18.2 Å². The second-order valence-electron chi connectivity index (χ2n) is 9.26. The van der Waals surface area contributed by atoms with Crippen LogP contribution in [0, 0.1) is 11.7 Å². The van der Waals surface area contributed by atoms with E-state index in [2.05, 4.69) is 34.3 Å². The summed E-state index contributed by atoms with van der Waals surface area (Å²) in [5.41, 5.74) is 2.37. The molecule has 32 heavy (non-hydrogen) atoms. The van der Waals surface area contributed by atoms with Crippen molar-refractivity contribution in [2.45, 2.75) is 44.2 Å². The number of aromatic amines is 1. The van der Waals surface area contributed by atoms with E-state index >= 15 is 0 Å². The SMILES string of the molecule is C[C@@H](CN1CCC(n2c(=O)[nH]c3cc(F)ccc32)CC1)NC(=O)C1CC1c1ccccc1. The number of fused-ring (bicyclic) bond motifs is 1. The third-order valence-electron chi connectivity index (χ3n) is 6.88. The molecule has 1 saturated carbocycles. The number of imidazole rings is 1. The van der Waals surface area contributed by atoms with Crippen molar-refractivity contribution < 1.29 is 9.18 Å². The zero-order chi connectivity index (χ0) is 22.2. The summed E-state index contributed by atoms with van der Waals surface area (Å²) in [5, 5.41) is 3.19. The number of aromatic nitrogens is 2. The fourth-order valence-corrected chi connectivity index (χ4v) is 5.16. The van der Waals surface area contributed by atoms with Crippen molar-refractivity contribution in [3.63, 3.8) is 0 Å². The number of nitrogens with one attached hydrogen (secondary N) is 2. The van der Waals surface area contributed by atoms with E-state index in [1.165, 1.54) is 17.7 Å². The molecule has 1 aromatic heterocycles. The van der Waals surface area contributed by atoms with Crippen molar-refractivity contribution in [2.75, 3.05) is 19.6 Å². The lowest BCUT2D eigenvalue weighted by atomic mass is 10.0. The van der Waals surface area contributed by atoms with Crippen molar-refractivity contribution in [1.82, 2.24) is 19.8 Å². The van der Waals surface area contributed by atoms with E-state index in [0.717, 1.165) is 44.4 Å². The van der Waals surface area contributed by atoms with E-state index in [9.17, 15) is 14.0 Å². The largest absolute Gasteiger partial charge is 0.352 e. The molecule has 1 saturated heterocycles. The van der Waals surface area contributed by atoms with Gasteiger partial charge in [0.25, 0.3) is 0 Å². The van der Waals surface area contributed by atoms with Gasteiger partial charge in [0.2, 0.25) is 5.91 Å². The number of carbonyl (C=O) groups is 1. The Labute approximate surface area is 186 Å². The molecule has 2 unspecified atom stereocenters. The molecule has 6 nitrogen and oxygen atoms in total. The first-order valence-electron chi connectivity index (χ1n) is 11.5. The van der Waals surface area contributed by atoms with Crippen LogP contribution in [0.25, 0.3) is 11.0 Å². The number of nitrogens with zero attached hydrogens (tertiary/aromatic N) is 2. The molecule has 2 aromatic carbocycles. The molecule has 1 amide bonds. The molecule has 3 aromatic rings. The van der Waals surface area contributed by atoms with E-state index in [1.54, 1.807) is 10.6 Å². The Kier molecular flexibility index (Phi) is 5.59. The summed E-state index contributed by atoms with van der Waals surface area (Å²) in [5.74, 6) is 0.239. The van der Waals surface area contributed by atoms with Crippen LogP contribution in [0.15, 0.2) is 53.3 Å². The van der Waals surface area contributed by atoms with Gasteiger partial charge >= 0.3 is 5.69 Å². The lowest BCUT2D eigenvalue weighted by Gasteiger charge is -2.34. The maximum atomic E-state index is 13.5. The number of carbonyl (C=O) groups excluding carboxylic acids is 1. The number of rotatable bonds is 6. The first kappa shape index (κ1) is 20.9. The molecular formula is C25H29FN4O2. The van der Waals surface area contributed by atoms with Crippen molar-refractivity contribution in [1.29, 1.82) is 0 Å². The molecule has 7 heteroatoms. The Bertz CT molecular complexity index is 1160. The number of likely N-dealkylation sites (tertiary alicyclic amines) is 1. The second kappa shape index (κ2) is 8.54. The summed E-state index contributed by atoms with van der Waals surface area (Å²) in [6.45, 7) is 4.58. The molecule has 3 atom stereocenters. The van der Waals surface area contributed by atoms with Gasteiger partial charge in [-0.2, -0.15) is 0 Å². The predicted octanol–water partition coefficient (Wildman–Crippen LogP) is 3.41. The molecule has 1 aliphatic heterocycles. The standard InChI is InChI=1S/C25H29FN4O2/c1-16(27-24(31)21-14-20(21)17-5-3-2-4-6-17)15-29-11-9-19(10-12-29)30-23-8-7-18(26)13-22(23)28-25(30)32/h2-8,13,16,19-21H,9-12,14-15H2,1H3,(H,27,31)(H,28,32)/t16-,20?,21?/m0/s1. The van der Waals surface area contributed by atoms with Crippen molar-refractivity contribution in [3.8, 4) is 0 Å². The van der Waals surface area contributed by atoms with Crippen molar-refractivity contribution in [2.24, 2.45) is 5.92 Å². The van der Waals surface area contributed by atoms with Gasteiger partial charge < -0.3 is 15.2 Å². The lowest BCUT2D eigenvalue weighted by molar-refractivity contribution is -0.123. The Morgan fingerprint density at radius 3 is 2.69 bits per heavy atom. The van der Waals surface area contributed by atoms with Crippen LogP contribution >= 0.6 is 0 Å². The minimum atomic E-state index is -0.349.